The lowest BCUT2D eigenvalue weighted by Gasteiger charge is -2.03. The molecule has 19 heavy (non-hydrogen) atoms. The van der Waals surface area contributed by atoms with E-state index in [1.165, 1.54) is 11.3 Å². The van der Waals surface area contributed by atoms with Gasteiger partial charge in [0.15, 0.2) is 0 Å². The molecule has 0 saturated heterocycles. The molecule has 2 unspecified atom stereocenters. The molecule has 1 aromatic rings. The Morgan fingerprint density at radius 3 is 2.74 bits per heavy atom. The van der Waals surface area contributed by atoms with Gasteiger partial charge in [-0.25, -0.2) is 13.1 Å². The molecule has 0 radical (unpaired) electrons. The maximum atomic E-state index is 12.2. The summed E-state index contributed by atoms with van der Waals surface area (Å²) in [7, 11) is -3.32. The normalized spacial score (nSPS) is 22.7. The monoisotopic (exact) mass is 302 g/mol. The number of hydrogen-bond donors (Lipinski definition) is 2. The zero-order valence-corrected chi connectivity index (χ0v) is 13.3. The quantitative estimate of drug-likeness (QED) is 0.760. The molecule has 0 aromatic carbocycles. The Labute approximate surface area is 119 Å². The van der Waals surface area contributed by atoms with Crippen LogP contribution in [-0.4, -0.2) is 21.0 Å². The van der Waals surface area contributed by atoms with Crippen LogP contribution in [0.15, 0.2) is 10.3 Å². The van der Waals surface area contributed by atoms with Crippen LogP contribution in [0.5, 0.6) is 0 Å². The van der Waals surface area contributed by atoms with Crippen molar-refractivity contribution >= 4 is 21.4 Å². The summed E-state index contributed by atoms with van der Waals surface area (Å²) in [5.74, 6) is 0.474. The van der Waals surface area contributed by atoms with Crippen molar-refractivity contribution < 1.29 is 8.42 Å². The van der Waals surface area contributed by atoms with Crippen molar-refractivity contribution in [2.24, 2.45) is 5.92 Å². The van der Waals surface area contributed by atoms with Gasteiger partial charge in [-0.1, -0.05) is 13.8 Å². The Morgan fingerprint density at radius 1 is 1.47 bits per heavy atom. The summed E-state index contributed by atoms with van der Waals surface area (Å²) in [6, 6.07) is 1.91. The molecule has 2 atom stereocenters. The summed E-state index contributed by atoms with van der Waals surface area (Å²) in [4.78, 5) is 1.11. The molecule has 1 fully saturated rings. The number of hydrogen-bond acceptors (Lipinski definition) is 4. The highest BCUT2D eigenvalue weighted by atomic mass is 32.2. The maximum absolute atomic E-state index is 12.2. The van der Waals surface area contributed by atoms with Crippen molar-refractivity contribution in [1.82, 2.24) is 10.0 Å². The van der Waals surface area contributed by atoms with E-state index < -0.39 is 10.0 Å². The van der Waals surface area contributed by atoms with Crippen molar-refractivity contribution in [1.29, 1.82) is 0 Å². The van der Waals surface area contributed by atoms with Crippen LogP contribution in [0, 0.1) is 12.8 Å². The van der Waals surface area contributed by atoms with Crippen LogP contribution < -0.4 is 10.0 Å². The third-order valence-electron chi connectivity index (χ3n) is 3.39. The lowest BCUT2D eigenvalue weighted by Crippen LogP contribution is -2.26. The highest BCUT2D eigenvalue weighted by Gasteiger charge is 2.36. The second-order valence-electron chi connectivity index (χ2n) is 5.29. The highest BCUT2D eigenvalue weighted by Crippen LogP contribution is 2.32. The highest BCUT2D eigenvalue weighted by molar-refractivity contribution is 7.91. The van der Waals surface area contributed by atoms with Gasteiger partial charge in [0.05, 0.1) is 0 Å². The van der Waals surface area contributed by atoms with Crippen LogP contribution in [0.3, 0.4) is 0 Å². The Balaban J connectivity index is 2.05. The zero-order valence-electron chi connectivity index (χ0n) is 11.7. The van der Waals surface area contributed by atoms with Crippen LogP contribution in [0.1, 0.15) is 37.1 Å². The molecule has 6 heteroatoms. The first-order chi connectivity index (χ1) is 8.94. The molecule has 108 valence electrons. The second-order valence-corrected chi connectivity index (χ2v) is 8.37. The molecule has 1 saturated carbocycles. The first kappa shape index (κ1) is 15.0. The average molecular weight is 302 g/mol. The van der Waals surface area contributed by atoms with Gasteiger partial charge < -0.3 is 5.32 Å². The SMILES string of the molecule is CCCNCc1sc(S(=O)(=O)NC2CC2C)cc1C. The Morgan fingerprint density at radius 2 is 2.16 bits per heavy atom. The van der Waals surface area contributed by atoms with E-state index in [-0.39, 0.29) is 6.04 Å². The standard InChI is InChI=1S/C13H22N2O2S2/c1-4-5-14-8-12-10(3)7-13(18-12)19(16,17)15-11-6-9(11)2/h7,9,11,14-15H,4-6,8H2,1-3H3. The second kappa shape index (κ2) is 5.91. The number of thiophene rings is 1. The van der Waals surface area contributed by atoms with Gasteiger partial charge in [0.25, 0.3) is 0 Å². The van der Waals surface area contributed by atoms with E-state index in [2.05, 4.69) is 23.9 Å². The van der Waals surface area contributed by atoms with E-state index in [4.69, 9.17) is 0 Å². The van der Waals surface area contributed by atoms with Gasteiger partial charge in [-0.05, 0) is 43.9 Å². The minimum absolute atomic E-state index is 0.133. The lowest BCUT2D eigenvalue weighted by molar-refractivity contribution is 0.580. The minimum Gasteiger partial charge on any atom is -0.312 e. The van der Waals surface area contributed by atoms with Crippen molar-refractivity contribution in [3.8, 4) is 0 Å². The molecular weight excluding hydrogens is 280 g/mol. The maximum Gasteiger partial charge on any atom is 0.250 e. The number of aryl methyl sites for hydroxylation is 1. The van der Waals surface area contributed by atoms with Gasteiger partial charge in [0.2, 0.25) is 10.0 Å². The van der Waals surface area contributed by atoms with E-state index in [0.29, 0.717) is 10.1 Å². The van der Waals surface area contributed by atoms with Crippen molar-refractivity contribution in [2.75, 3.05) is 6.54 Å². The molecule has 0 bridgehead atoms. The largest absolute Gasteiger partial charge is 0.312 e. The number of nitrogens with one attached hydrogen (secondary N) is 2. The molecular formula is C13H22N2O2S2. The van der Waals surface area contributed by atoms with E-state index in [9.17, 15) is 8.42 Å². The van der Waals surface area contributed by atoms with Gasteiger partial charge in [0.1, 0.15) is 4.21 Å². The fourth-order valence-electron chi connectivity index (χ4n) is 1.92. The van der Waals surface area contributed by atoms with Gasteiger partial charge in [-0.3, -0.25) is 0 Å². The first-order valence-corrected chi connectivity index (χ1v) is 9.06. The van der Waals surface area contributed by atoms with Gasteiger partial charge in [0, 0.05) is 17.5 Å². The fourth-order valence-corrected chi connectivity index (χ4v) is 4.85. The Bertz CT molecular complexity index is 537. The number of rotatable bonds is 7. The summed E-state index contributed by atoms with van der Waals surface area (Å²) in [5.41, 5.74) is 1.05. The molecule has 2 rings (SSSR count). The van der Waals surface area contributed by atoms with E-state index in [1.807, 2.05) is 6.92 Å². The molecule has 1 aromatic heterocycles. The van der Waals surface area contributed by atoms with E-state index in [0.717, 1.165) is 36.4 Å². The number of sulfonamides is 1. The van der Waals surface area contributed by atoms with Gasteiger partial charge >= 0.3 is 0 Å². The molecule has 1 aliphatic carbocycles. The topological polar surface area (TPSA) is 58.2 Å². The van der Waals surface area contributed by atoms with Gasteiger partial charge in [-0.2, -0.15) is 0 Å². The third-order valence-corrected chi connectivity index (χ3v) is 6.59. The van der Waals surface area contributed by atoms with Crippen molar-refractivity contribution in [3.63, 3.8) is 0 Å². The smallest absolute Gasteiger partial charge is 0.250 e. The summed E-state index contributed by atoms with van der Waals surface area (Å²) < 4.78 is 27.6. The molecule has 1 heterocycles. The molecule has 0 aliphatic heterocycles. The Kier molecular flexibility index (Phi) is 4.66. The minimum atomic E-state index is -3.32. The van der Waals surface area contributed by atoms with Crippen LogP contribution in [0.2, 0.25) is 0 Å². The van der Waals surface area contributed by atoms with E-state index in [1.54, 1.807) is 6.07 Å². The molecule has 0 amide bonds. The van der Waals surface area contributed by atoms with Crippen LogP contribution in [-0.2, 0) is 16.6 Å². The predicted molar refractivity (Wildman–Crippen MR) is 78.9 cm³/mol. The Hall–Kier alpha value is -0.430. The summed E-state index contributed by atoms with van der Waals surface area (Å²) in [6.07, 6.45) is 2.03. The summed E-state index contributed by atoms with van der Waals surface area (Å²) in [6.45, 7) is 7.85. The van der Waals surface area contributed by atoms with Crippen LogP contribution >= 0.6 is 11.3 Å². The van der Waals surface area contributed by atoms with Gasteiger partial charge in [-0.15, -0.1) is 11.3 Å². The molecule has 4 nitrogen and oxygen atoms in total. The zero-order chi connectivity index (χ0) is 14.0. The molecule has 0 spiro atoms. The fraction of sp³-hybridized carbons (Fsp3) is 0.692. The predicted octanol–water partition coefficient (Wildman–Crippen LogP) is 2.24. The van der Waals surface area contributed by atoms with Crippen LogP contribution in [0.25, 0.3) is 0 Å². The first-order valence-electron chi connectivity index (χ1n) is 6.76. The van der Waals surface area contributed by atoms with Crippen LogP contribution in [0.4, 0.5) is 0 Å². The molecule has 1 aliphatic rings. The lowest BCUT2D eigenvalue weighted by atomic mass is 10.3. The van der Waals surface area contributed by atoms with Crippen molar-refractivity contribution in [2.45, 2.75) is 50.4 Å². The average Bonchev–Trinajstić information content (AvgIpc) is 2.86. The summed E-state index contributed by atoms with van der Waals surface area (Å²) >= 11 is 1.37. The summed E-state index contributed by atoms with van der Waals surface area (Å²) in [5, 5.41) is 3.31. The van der Waals surface area contributed by atoms with Crippen molar-refractivity contribution in [3.05, 3.63) is 16.5 Å². The third kappa shape index (κ3) is 3.78. The molecule has 2 N–H and O–H groups in total. The van der Waals surface area contributed by atoms with E-state index >= 15 is 0 Å².